The molecule has 1 aliphatic rings. The smallest absolute Gasteiger partial charge is 0.308 e. The zero-order valence-corrected chi connectivity index (χ0v) is 8.77. The minimum atomic E-state index is -3.53. The lowest BCUT2D eigenvalue weighted by Gasteiger charge is -2.10. The molecule has 8 heteroatoms. The molecule has 0 radical (unpaired) electrons. The van der Waals surface area contributed by atoms with Crippen LogP contribution in [0.1, 0.15) is 0 Å². The van der Waals surface area contributed by atoms with Crippen LogP contribution in [0.15, 0.2) is 0 Å². The van der Waals surface area contributed by atoms with Crippen LogP contribution in [0.4, 0.5) is 0 Å². The fourth-order valence-electron chi connectivity index (χ4n) is 1.54. The van der Waals surface area contributed by atoms with E-state index in [1.54, 1.807) is 0 Å². The van der Waals surface area contributed by atoms with Gasteiger partial charge in [0.15, 0.2) is 0 Å². The molecule has 7 nitrogen and oxygen atoms in total. The normalized spacial score (nSPS) is 27.8. The van der Waals surface area contributed by atoms with Gasteiger partial charge in [0.25, 0.3) is 0 Å². The van der Waals surface area contributed by atoms with Crippen molar-refractivity contribution in [2.24, 2.45) is 11.8 Å². The van der Waals surface area contributed by atoms with Crippen molar-refractivity contribution in [3.8, 4) is 0 Å². The summed E-state index contributed by atoms with van der Waals surface area (Å²) in [5, 5.41) is 17.5. The van der Waals surface area contributed by atoms with E-state index in [1.165, 1.54) is 0 Å². The first-order valence-corrected chi connectivity index (χ1v) is 5.99. The molecule has 0 spiro atoms. The van der Waals surface area contributed by atoms with Gasteiger partial charge >= 0.3 is 11.9 Å². The molecule has 0 aromatic carbocycles. The summed E-state index contributed by atoms with van der Waals surface area (Å²) < 4.78 is 23.1. The van der Waals surface area contributed by atoms with Crippen LogP contribution in [-0.4, -0.2) is 54.2 Å². The molecule has 0 aromatic heterocycles. The standard InChI is InChI=1S/C7H11NO6S/c1-15(13,14)8-2-4(6(9)10)5(3-8)7(11)12/h4-5H,2-3H2,1H3,(H,9,10)(H,11,12). The van der Waals surface area contributed by atoms with Gasteiger partial charge in [0, 0.05) is 13.1 Å². The zero-order valence-electron chi connectivity index (χ0n) is 7.95. The minimum absolute atomic E-state index is 0.273. The van der Waals surface area contributed by atoms with Crippen molar-refractivity contribution in [1.29, 1.82) is 0 Å². The maximum Gasteiger partial charge on any atom is 0.308 e. The monoisotopic (exact) mass is 237 g/mol. The number of nitrogens with zero attached hydrogens (tertiary/aromatic N) is 1. The Morgan fingerprint density at radius 1 is 1.13 bits per heavy atom. The Balaban J connectivity index is 2.93. The van der Waals surface area contributed by atoms with Crippen LogP contribution < -0.4 is 0 Å². The van der Waals surface area contributed by atoms with E-state index in [-0.39, 0.29) is 13.1 Å². The summed E-state index contributed by atoms with van der Waals surface area (Å²) in [5.74, 6) is -4.91. The third-order valence-electron chi connectivity index (χ3n) is 2.39. The molecule has 1 saturated heterocycles. The number of aliphatic carboxylic acids is 2. The number of hydrogen-bond acceptors (Lipinski definition) is 4. The van der Waals surface area contributed by atoms with Crippen LogP contribution in [0.3, 0.4) is 0 Å². The Labute approximate surface area is 86.4 Å². The molecule has 15 heavy (non-hydrogen) atoms. The highest BCUT2D eigenvalue weighted by Gasteiger charge is 2.44. The second kappa shape index (κ2) is 3.78. The average Bonchev–Trinajstić information content (AvgIpc) is 2.45. The van der Waals surface area contributed by atoms with Gasteiger partial charge in [-0.05, 0) is 0 Å². The SMILES string of the molecule is CS(=O)(=O)N1CC(C(=O)O)C(C(=O)O)C1. The Morgan fingerprint density at radius 3 is 1.67 bits per heavy atom. The molecular weight excluding hydrogens is 226 g/mol. The number of carboxylic acids is 2. The van der Waals surface area contributed by atoms with Crippen LogP contribution in [0.2, 0.25) is 0 Å². The topological polar surface area (TPSA) is 112 Å². The minimum Gasteiger partial charge on any atom is -0.481 e. The van der Waals surface area contributed by atoms with Crippen molar-refractivity contribution < 1.29 is 28.2 Å². The van der Waals surface area contributed by atoms with Gasteiger partial charge in [-0.15, -0.1) is 0 Å². The predicted octanol–water partition coefficient (Wildman–Crippen LogP) is -1.34. The molecule has 0 amide bonds. The molecule has 2 atom stereocenters. The number of hydrogen-bond donors (Lipinski definition) is 2. The third-order valence-corrected chi connectivity index (χ3v) is 3.63. The van der Waals surface area contributed by atoms with E-state index in [2.05, 4.69) is 0 Å². The summed E-state index contributed by atoms with van der Waals surface area (Å²) in [5.41, 5.74) is 0. The van der Waals surface area contributed by atoms with E-state index in [4.69, 9.17) is 10.2 Å². The molecular formula is C7H11NO6S. The zero-order chi connectivity index (χ0) is 11.8. The van der Waals surface area contributed by atoms with Crippen LogP contribution in [-0.2, 0) is 19.6 Å². The highest BCUT2D eigenvalue weighted by molar-refractivity contribution is 7.88. The highest BCUT2D eigenvalue weighted by atomic mass is 32.2. The summed E-state index contributed by atoms with van der Waals surface area (Å²) in [4.78, 5) is 21.4. The second-order valence-corrected chi connectivity index (χ2v) is 5.45. The second-order valence-electron chi connectivity index (χ2n) is 3.47. The number of carbonyl (C=O) groups is 2. The van der Waals surface area contributed by atoms with E-state index in [1.807, 2.05) is 0 Å². The molecule has 1 aliphatic heterocycles. The number of rotatable bonds is 3. The number of carboxylic acid groups (broad SMARTS) is 2. The fourth-order valence-corrected chi connectivity index (χ4v) is 2.40. The summed E-state index contributed by atoms with van der Waals surface area (Å²) >= 11 is 0. The lowest BCUT2D eigenvalue weighted by Crippen LogP contribution is -2.28. The first-order valence-electron chi connectivity index (χ1n) is 4.14. The lowest BCUT2D eigenvalue weighted by atomic mass is 9.97. The van der Waals surface area contributed by atoms with Crippen LogP contribution in [0.5, 0.6) is 0 Å². The Bertz CT molecular complexity index is 366. The van der Waals surface area contributed by atoms with Crippen molar-refractivity contribution in [2.75, 3.05) is 19.3 Å². The van der Waals surface area contributed by atoms with Crippen molar-refractivity contribution >= 4 is 22.0 Å². The molecule has 2 unspecified atom stereocenters. The molecule has 2 N–H and O–H groups in total. The third kappa shape index (κ3) is 2.45. The van der Waals surface area contributed by atoms with E-state index >= 15 is 0 Å². The van der Waals surface area contributed by atoms with Gasteiger partial charge in [0.2, 0.25) is 10.0 Å². The van der Waals surface area contributed by atoms with Crippen molar-refractivity contribution in [3.05, 3.63) is 0 Å². The average molecular weight is 237 g/mol. The van der Waals surface area contributed by atoms with Crippen molar-refractivity contribution in [3.63, 3.8) is 0 Å². The summed E-state index contributed by atoms with van der Waals surface area (Å²) in [6, 6.07) is 0. The van der Waals surface area contributed by atoms with Gasteiger partial charge in [0.05, 0.1) is 18.1 Å². The van der Waals surface area contributed by atoms with Gasteiger partial charge in [-0.25, -0.2) is 12.7 Å². The van der Waals surface area contributed by atoms with E-state index in [9.17, 15) is 18.0 Å². The lowest BCUT2D eigenvalue weighted by molar-refractivity contribution is -0.151. The quantitative estimate of drug-likeness (QED) is 0.628. The Kier molecular flexibility index (Phi) is 3.00. The summed E-state index contributed by atoms with van der Waals surface area (Å²) in [6.07, 6.45) is 0.927. The molecule has 0 aromatic rings. The molecule has 0 bridgehead atoms. The van der Waals surface area contributed by atoms with Crippen LogP contribution in [0, 0.1) is 11.8 Å². The first kappa shape index (κ1) is 11.9. The Morgan fingerprint density at radius 2 is 1.47 bits per heavy atom. The first-order chi connectivity index (χ1) is 6.73. The highest BCUT2D eigenvalue weighted by Crippen LogP contribution is 2.25. The molecule has 1 heterocycles. The maximum atomic E-state index is 11.1. The van der Waals surface area contributed by atoms with Crippen molar-refractivity contribution in [2.45, 2.75) is 0 Å². The maximum absolute atomic E-state index is 11.1. The van der Waals surface area contributed by atoms with Gasteiger partial charge in [-0.2, -0.15) is 0 Å². The molecule has 0 aliphatic carbocycles. The van der Waals surface area contributed by atoms with Crippen molar-refractivity contribution in [1.82, 2.24) is 4.31 Å². The largest absolute Gasteiger partial charge is 0.481 e. The van der Waals surface area contributed by atoms with E-state index in [0.717, 1.165) is 10.6 Å². The van der Waals surface area contributed by atoms with Gasteiger partial charge < -0.3 is 10.2 Å². The van der Waals surface area contributed by atoms with E-state index < -0.39 is 33.8 Å². The van der Waals surface area contributed by atoms with E-state index in [0.29, 0.717) is 0 Å². The molecule has 1 rings (SSSR count). The summed E-state index contributed by atoms with van der Waals surface area (Å²) in [7, 11) is -3.53. The predicted molar refractivity (Wildman–Crippen MR) is 48.7 cm³/mol. The summed E-state index contributed by atoms with van der Waals surface area (Å²) in [6.45, 7) is -0.545. The Hall–Kier alpha value is -1.15. The fraction of sp³-hybridized carbons (Fsp3) is 0.714. The number of sulfonamides is 1. The van der Waals surface area contributed by atoms with Gasteiger partial charge in [0.1, 0.15) is 0 Å². The molecule has 0 saturated carbocycles. The van der Waals surface area contributed by atoms with Crippen LogP contribution in [0.25, 0.3) is 0 Å². The van der Waals surface area contributed by atoms with Gasteiger partial charge in [-0.1, -0.05) is 0 Å². The molecule has 1 fully saturated rings. The van der Waals surface area contributed by atoms with Gasteiger partial charge in [-0.3, -0.25) is 9.59 Å². The molecule has 86 valence electrons. The van der Waals surface area contributed by atoms with Crippen LogP contribution >= 0.6 is 0 Å².